The summed E-state index contributed by atoms with van der Waals surface area (Å²) in [5.74, 6) is -0.158. The Morgan fingerprint density at radius 1 is 0.733 bits per heavy atom. The third kappa shape index (κ3) is 20.0. The van der Waals surface area contributed by atoms with Gasteiger partial charge in [0.05, 0.1) is 25.4 Å². The number of carbonyl (C=O) groups excluding carboxylic acids is 1. The molecule has 0 aromatic carbocycles. The van der Waals surface area contributed by atoms with Crippen LogP contribution in [0.1, 0.15) is 155 Å². The van der Waals surface area contributed by atoms with E-state index < -0.39 is 49.5 Å². The van der Waals surface area contributed by atoms with E-state index in [0.717, 1.165) is 44.9 Å². The van der Waals surface area contributed by atoms with E-state index >= 15 is 0 Å². The maximum absolute atomic E-state index is 12.8. The minimum absolute atomic E-state index is 0.147. The lowest BCUT2D eigenvalue weighted by molar-refractivity contribution is -0.302. The number of carbonyl (C=O) groups is 1. The van der Waals surface area contributed by atoms with Crippen molar-refractivity contribution in [2.45, 2.75) is 198 Å². The molecule has 9 nitrogen and oxygen atoms in total. The van der Waals surface area contributed by atoms with Crippen molar-refractivity contribution in [2.24, 2.45) is 0 Å². The fourth-order valence-electron chi connectivity index (χ4n) is 5.80. The second-order valence-corrected chi connectivity index (χ2v) is 13.0. The molecule has 7 atom stereocenters. The highest BCUT2D eigenvalue weighted by Gasteiger charge is 2.44. The first-order valence-corrected chi connectivity index (χ1v) is 18.4. The normalized spacial score (nSPS) is 23.4. The van der Waals surface area contributed by atoms with Crippen LogP contribution < -0.4 is 5.32 Å². The van der Waals surface area contributed by atoms with E-state index in [1.54, 1.807) is 0 Å². The quantitative estimate of drug-likeness (QED) is 0.0441. The van der Waals surface area contributed by atoms with Crippen LogP contribution in [0.15, 0.2) is 12.2 Å². The van der Waals surface area contributed by atoms with Gasteiger partial charge in [0.15, 0.2) is 6.29 Å². The van der Waals surface area contributed by atoms with Gasteiger partial charge in [0.2, 0.25) is 5.91 Å². The smallest absolute Gasteiger partial charge is 0.220 e. The van der Waals surface area contributed by atoms with E-state index in [9.17, 15) is 30.3 Å². The van der Waals surface area contributed by atoms with Gasteiger partial charge in [-0.3, -0.25) is 4.79 Å². The predicted molar refractivity (Wildman–Crippen MR) is 180 cm³/mol. The molecule has 45 heavy (non-hydrogen) atoms. The molecule has 1 heterocycles. The second-order valence-electron chi connectivity index (χ2n) is 13.0. The average molecular weight is 644 g/mol. The number of rotatable bonds is 29. The standard InChI is InChI=1S/C36H69NO8/c1-3-5-7-9-11-13-15-16-18-20-22-24-26-32(40)37-29(28-44-36-35(43)34(42)33(41)31(27-38)45-36)30(39)25-23-21-19-17-14-12-10-8-6-4-2/h14,17,29-31,33-36,38-39,41-43H,3-13,15-16,18-28H2,1-2H3,(H,37,40)/b17-14+/t29-,30+,31+,33+,34?,35?,36+/m0/s1. The van der Waals surface area contributed by atoms with Crippen molar-refractivity contribution in [3.05, 3.63) is 12.2 Å². The predicted octanol–water partition coefficient (Wildman–Crippen LogP) is 5.83. The van der Waals surface area contributed by atoms with Gasteiger partial charge >= 0.3 is 0 Å². The molecular formula is C36H69NO8. The number of nitrogens with one attached hydrogen (secondary N) is 1. The van der Waals surface area contributed by atoms with Gasteiger partial charge in [-0.2, -0.15) is 0 Å². The van der Waals surface area contributed by atoms with Crippen molar-refractivity contribution < 1.29 is 39.8 Å². The van der Waals surface area contributed by atoms with Crippen molar-refractivity contribution >= 4 is 5.91 Å². The van der Waals surface area contributed by atoms with Gasteiger partial charge in [0.25, 0.3) is 0 Å². The van der Waals surface area contributed by atoms with Crippen molar-refractivity contribution in [3.8, 4) is 0 Å². The number of unbranched alkanes of at least 4 members (excludes halogenated alkanes) is 17. The summed E-state index contributed by atoms with van der Waals surface area (Å²) in [6.45, 7) is 3.75. The van der Waals surface area contributed by atoms with E-state index in [1.807, 2.05) is 0 Å². The molecule has 1 amide bonds. The fraction of sp³-hybridized carbons (Fsp3) is 0.917. The minimum Gasteiger partial charge on any atom is -0.394 e. The summed E-state index contributed by atoms with van der Waals surface area (Å²) in [4.78, 5) is 12.8. The maximum Gasteiger partial charge on any atom is 0.220 e. The zero-order valence-electron chi connectivity index (χ0n) is 28.6. The van der Waals surface area contributed by atoms with Crippen LogP contribution in [0.5, 0.6) is 0 Å². The van der Waals surface area contributed by atoms with Crippen LogP contribution in [0.3, 0.4) is 0 Å². The van der Waals surface area contributed by atoms with Crippen LogP contribution in [-0.2, 0) is 14.3 Å². The first kappa shape index (κ1) is 42.0. The van der Waals surface area contributed by atoms with E-state index in [0.29, 0.717) is 12.8 Å². The van der Waals surface area contributed by atoms with Crippen LogP contribution in [0.4, 0.5) is 0 Å². The van der Waals surface area contributed by atoms with Crippen LogP contribution >= 0.6 is 0 Å². The lowest BCUT2D eigenvalue weighted by Crippen LogP contribution is -2.60. The molecule has 1 fully saturated rings. The summed E-state index contributed by atoms with van der Waals surface area (Å²) in [7, 11) is 0. The molecule has 1 aliphatic rings. The molecular weight excluding hydrogens is 574 g/mol. The van der Waals surface area contributed by atoms with Crippen molar-refractivity contribution in [1.82, 2.24) is 5.32 Å². The Bertz CT molecular complexity index is 721. The third-order valence-corrected chi connectivity index (χ3v) is 8.87. The molecule has 9 heteroatoms. The molecule has 0 aliphatic carbocycles. The molecule has 1 aliphatic heterocycles. The van der Waals surface area contributed by atoms with Crippen LogP contribution in [-0.4, -0.2) is 87.5 Å². The van der Waals surface area contributed by atoms with Crippen LogP contribution in [0.2, 0.25) is 0 Å². The summed E-state index contributed by atoms with van der Waals surface area (Å²) in [5.41, 5.74) is 0. The minimum atomic E-state index is -1.55. The van der Waals surface area contributed by atoms with Gasteiger partial charge in [0, 0.05) is 6.42 Å². The maximum atomic E-state index is 12.8. The molecule has 0 spiro atoms. The first-order chi connectivity index (χ1) is 21.8. The number of amides is 1. The number of aliphatic hydroxyl groups excluding tert-OH is 5. The number of ether oxygens (including phenoxy) is 2. The lowest BCUT2D eigenvalue weighted by Gasteiger charge is -2.40. The number of aliphatic hydroxyl groups is 5. The van der Waals surface area contributed by atoms with Crippen LogP contribution in [0.25, 0.3) is 0 Å². The molecule has 0 aromatic heterocycles. The topological polar surface area (TPSA) is 149 Å². The van der Waals surface area contributed by atoms with Crippen molar-refractivity contribution in [1.29, 1.82) is 0 Å². The molecule has 0 saturated carbocycles. The monoisotopic (exact) mass is 644 g/mol. The highest BCUT2D eigenvalue weighted by molar-refractivity contribution is 5.76. The Balaban J connectivity index is 2.46. The van der Waals surface area contributed by atoms with Gasteiger partial charge in [-0.05, 0) is 38.5 Å². The second kappa shape index (κ2) is 28.0. The summed E-state index contributed by atoms with van der Waals surface area (Å²) in [6, 6.07) is -0.726. The van der Waals surface area contributed by atoms with Gasteiger partial charge in [0.1, 0.15) is 24.4 Å². The zero-order chi connectivity index (χ0) is 33.1. The molecule has 1 saturated heterocycles. The molecule has 0 bridgehead atoms. The highest BCUT2D eigenvalue weighted by Crippen LogP contribution is 2.23. The zero-order valence-corrected chi connectivity index (χ0v) is 28.6. The Morgan fingerprint density at radius 3 is 1.80 bits per heavy atom. The molecule has 2 unspecified atom stereocenters. The Labute approximate surface area is 274 Å². The lowest BCUT2D eigenvalue weighted by atomic mass is 9.99. The van der Waals surface area contributed by atoms with Gasteiger partial charge < -0.3 is 40.3 Å². The summed E-state index contributed by atoms with van der Waals surface area (Å²) >= 11 is 0. The Kier molecular flexibility index (Phi) is 26.1. The fourth-order valence-corrected chi connectivity index (χ4v) is 5.80. The van der Waals surface area contributed by atoms with Gasteiger partial charge in [-0.25, -0.2) is 0 Å². The first-order valence-electron chi connectivity index (χ1n) is 18.4. The summed E-state index contributed by atoms with van der Waals surface area (Å²) < 4.78 is 11.2. The molecule has 6 N–H and O–H groups in total. The van der Waals surface area contributed by atoms with Gasteiger partial charge in [-0.15, -0.1) is 0 Å². The molecule has 1 rings (SSSR count). The van der Waals surface area contributed by atoms with E-state index in [2.05, 4.69) is 31.3 Å². The molecule has 0 aromatic rings. The number of hydrogen-bond donors (Lipinski definition) is 6. The largest absolute Gasteiger partial charge is 0.394 e. The third-order valence-electron chi connectivity index (χ3n) is 8.87. The number of allylic oxidation sites excluding steroid dienone is 2. The average Bonchev–Trinajstić information content (AvgIpc) is 3.04. The number of hydrogen-bond acceptors (Lipinski definition) is 8. The van der Waals surface area contributed by atoms with Crippen molar-refractivity contribution in [2.75, 3.05) is 13.2 Å². The van der Waals surface area contributed by atoms with Crippen LogP contribution in [0, 0.1) is 0 Å². The summed E-state index contributed by atoms with van der Waals surface area (Å²) in [6.07, 6.45) is 20.8. The van der Waals surface area contributed by atoms with E-state index in [-0.39, 0.29) is 12.5 Å². The summed E-state index contributed by atoms with van der Waals surface area (Å²) in [5, 5.41) is 53.9. The Hall–Kier alpha value is -1.07. The molecule has 266 valence electrons. The molecule has 0 radical (unpaired) electrons. The van der Waals surface area contributed by atoms with E-state index in [4.69, 9.17) is 9.47 Å². The highest BCUT2D eigenvalue weighted by atomic mass is 16.7. The van der Waals surface area contributed by atoms with E-state index in [1.165, 1.54) is 83.5 Å². The van der Waals surface area contributed by atoms with Crippen molar-refractivity contribution in [3.63, 3.8) is 0 Å². The Morgan fingerprint density at radius 2 is 1.24 bits per heavy atom. The van der Waals surface area contributed by atoms with Gasteiger partial charge in [-0.1, -0.05) is 122 Å². The SMILES string of the molecule is CCCCCC/C=C/CCCC[C@@H](O)[C@H](CO[C@@H]1O[C@H](CO)[C@@H](O)C(O)C1O)NC(=O)CCCCCCCCCCCCCC.